The summed E-state index contributed by atoms with van der Waals surface area (Å²) in [6.45, 7) is 0. The van der Waals surface area contributed by atoms with Crippen LogP contribution in [0.1, 0.15) is 58.2 Å². The summed E-state index contributed by atoms with van der Waals surface area (Å²) >= 11 is 0. The fourth-order valence-electron chi connectivity index (χ4n) is 6.35. The molecule has 0 bridgehead atoms. The van der Waals surface area contributed by atoms with E-state index in [1.807, 2.05) is 0 Å². The van der Waals surface area contributed by atoms with E-state index >= 15 is 0 Å². The van der Waals surface area contributed by atoms with Gasteiger partial charge in [0.05, 0.1) is 27.8 Å². The van der Waals surface area contributed by atoms with Crippen molar-refractivity contribution < 1.29 is 124 Å². The van der Waals surface area contributed by atoms with Crippen LogP contribution in [0.4, 0.5) is 0 Å². The van der Waals surface area contributed by atoms with E-state index in [9.17, 15) is 101 Å². The summed E-state index contributed by atoms with van der Waals surface area (Å²) in [7, 11) is 0. The van der Waals surface area contributed by atoms with E-state index in [0.29, 0.717) is 60.7 Å². The number of hydrogen-bond acceptors (Lipinski definition) is 25. The molecule has 25 heteroatoms. The first-order chi connectivity index (χ1) is 30.9. The summed E-state index contributed by atoms with van der Waals surface area (Å²) in [4.78, 5) is 69.1. The van der Waals surface area contributed by atoms with E-state index in [1.165, 1.54) is 0 Å². The third kappa shape index (κ3) is 9.14. The molecule has 0 aliphatic heterocycles. The van der Waals surface area contributed by atoms with Gasteiger partial charge in [-0.25, -0.2) is 24.0 Å². The molecular weight excluding hydrogens is 892 g/mol. The standard InChI is InChI=1S/C41H32O25/c42-17-1-12(2-18(43)29(17)52)37(57)62-27-11-28(63-38(58)13-3-19(44)30(53)20(45)4-13)35(65-40(60)15-7-23(48)32(55)24(49)8-15)36(66-41(61)16-9-25(50)33(56)26(51)10-16)34(27)64-39(59)14-5-21(46)31(54)22(47)6-14/h1-10,27-28,34-36,42-56H,11H2/t27-,28+,34-,35-,36?/m0/s1. The Hall–Kier alpha value is -9.55. The molecule has 346 valence electrons. The number of phenols is 15. The van der Waals surface area contributed by atoms with E-state index in [0.717, 1.165) is 0 Å². The number of ether oxygens (including phenoxy) is 5. The minimum Gasteiger partial charge on any atom is -0.504 e. The average Bonchev–Trinajstić information content (AvgIpc) is 3.25. The molecule has 0 amide bonds. The van der Waals surface area contributed by atoms with Crippen molar-refractivity contribution in [1.82, 2.24) is 0 Å². The smallest absolute Gasteiger partial charge is 0.338 e. The van der Waals surface area contributed by atoms with Gasteiger partial charge in [0.25, 0.3) is 0 Å². The molecule has 1 fully saturated rings. The lowest BCUT2D eigenvalue weighted by molar-refractivity contribution is -0.182. The number of benzene rings is 5. The molecule has 1 saturated carbocycles. The molecule has 1 aliphatic rings. The topological polar surface area (TPSA) is 435 Å². The maximum atomic E-state index is 13.9. The van der Waals surface area contributed by atoms with Crippen molar-refractivity contribution in [2.45, 2.75) is 36.9 Å². The fourth-order valence-corrected chi connectivity index (χ4v) is 6.35. The molecule has 15 N–H and O–H groups in total. The summed E-state index contributed by atoms with van der Waals surface area (Å²) in [5, 5.41) is 151. The number of aromatic hydroxyl groups is 15. The van der Waals surface area contributed by atoms with Crippen LogP contribution in [-0.2, 0) is 23.7 Å². The molecule has 0 aromatic heterocycles. The minimum atomic E-state index is -2.53. The minimum absolute atomic E-state index is 0.537. The maximum Gasteiger partial charge on any atom is 0.338 e. The van der Waals surface area contributed by atoms with E-state index < -0.39 is 181 Å². The first-order valence-corrected chi connectivity index (χ1v) is 18.2. The number of phenolic OH excluding ortho intramolecular Hbond substituents is 15. The van der Waals surface area contributed by atoms with E-state index in [2.05, 4.69) is 0 Å². The molecule has 25 nitrogen and oxygen atoms in total. The quantitative estimate of drug-likeness (QED) is 0.0541. The van der Waals surface area contributed by atoms with Crippen molar-refractivity contribution in [3.05, 3.63) is 88.5 Å². The number of esters is 5. The number of hydrogen-bond donors (Lipinski definition) is 15. The van der Waals surface area contributed by atoms with Crippen molar-refractivity contribution in [1.29, 1.82) is 0 Å². The Labute approximate surface area is 365 Å². The van der Waals surface area contributed by atoms with Crippen LogP contribution in [0.2, 0.25) is 0 Å². The molecule has 0 spiro atoms. The molecule has 5 aromatic rings. The Bertz CT molecular complexity index is 2550. The SMILES string of the molecule is O=C(OC1[C@@H](OC(=O)c2cc(O)c(O)c(O)c2)[C@@H](OC(=O)c2cc(O)c(O)c(O)c2)C[C@@H](OC(=O)c2cc(O)c(O)c(O)c2)[C@@H]1OC(=O)c1cc(O)c(O)c(O)c1)c1cc(O)c(O)c(O)c1. The highest BCUT2D eigenvalue weighted by atomic mass is 16.6. The Balaban J connectivity index is 1.55. The van der Waals surface area contributed by atoms with Gasteiger partial charge in [-0.05, 0) is 60.7 Å². The predicted octanol–water partition coefficient (Wildman–Crippen LogP) is 2.10. The number of rotatable bonds is 10. The van der Waals surface area contributed by atoms with Gasteiger partial charge in [0.15, 0.2) is 105 Å². The predicted molar refractivity (Wildman–Crippen MR) is 208 cm³/mol. The van der Waals surface area contributed by atoms with Crippen molar-refractivity contribution in [3.8, 4) is 86.2 Å². The molecule has 5 aromatic carbocycles. The van der Waals surface area contributed by atoms with Crippen molar-refractivity contribution in [3.63, 3.8) is 0 Å². The monoisotopic (exact) mass is 924 g/mol. The molecule has 0 heterocycles. The van der Waals surface area contributed by atoms with Crippen LogP contribution in [0.5, 0.6) is 86.2 Å². The largest absolute Gasteiger partial charge is 0.504 e. The summed E-state index contributed by atoms with van der Waals surface area (Å²) in [6, 6.07) is 5.63. The van der Waals surface area contributed by atoms with Crippen LogP contribution in [0.15, 0.2) is 60.7 Å². The molecule has 6 rings (SSSR count). The van der Waals surface area contributed by atoms with E-state index in [-0.39, 0.29) is 0 Å². The molecule has 66 heavy (non-hydrogen) atoms. The Morgan fingerprint density at radius 1 is 0.288 bits per heavy atom. The second kappa shape index (κ2) is 17.7. The van der Waals surface area contributed by atoms with Gasteiger partial charge >= 0.3 is 29.8 Å². The van der Waals surface area contributed by atoms with Crippen LogP contribution in [0.3, 0.4) is 0 Å². The first-order valence-electron chi connectivity index (χ1n) is 18.2. The van der Waals surface area contributed by atoms with E-state index in [4.69, 9.17) is 23.7 Å². The molecular formula is C41H32O25. The first kappa shape index (κ1) is 46.0. The van der Waals surface area contributed by atoms with Gasteiger partial charge in [0.1, 0.15) is 12.2 Å². The van der Waals surface area contributed by atoms with Crippen molar-refractivity contribution in [2.24, 2.45) is 0 Å². The molecule has 1 aliphatic carbocycles. The zero-order valence-electron chi connectivity index (χ0n) is 32.7. The lowest BCUT2D eigenvalue weighted by atomic mass is 9.86. The zero-order chi connectivity index (χ0) is 48.6. The number of carbonyl (C=O) groups excluding carboxylic acids is 5. The van der Waals surface area contributed by atoms with Crippen LogP contribution in [-0.4, -0.2) is 137 Å². The highest BCUT2D eigenvalue weighted by molar-refractivity contribution is 5.95. The average molecular weight is 925 g/mol. The highest BCUT2D eigenvalue weighted by Gasteiger charge is 2.55. The third-order valence-corrected chi connectivity index (χ3v) is 9.62. The van der Waals surface area contributed by atoms with Crippen LogP contribution in [0, 0.1) is 0 Å². The summed E-state index contributed by atoms with van der Waals surface area (Å²) in [5.74, 6) is -24.5. The van der Waals surface area contributed by atoms with Gasteiger partial charge in [0, 0.05) is 6.42 Å². The zero-order valence-corrected chi connectivity index (χ0v) is 32.7. The summed E-state index contributed by atoms with van der Waals surface area (Å²) in [5.41, 5.74) is -3.88. The second-order valence-electron chi connectivity index (χ2n) is 14.0. The Morgan fingerprint density at radius 2 is 0.455 bits per heavy atom. The molecule has 0 saturated heterocycles. The van der Waals surface area contributed by atoms with Crippen molar-refractivity contribution >= 4 is 29.8 Å². The van der Waals surface area contributed by atoms with Gasteiger partial charge in [-0.3, -0.25) is 0 Å². The lowest BCUT2D eigenvalue weighted by Gasteiger charge is -2.43. The summed E-state index contributed by atoms with van der Waals surface area (Å²) < 4.78 is 28.0. The molecule has 1 unspecified atom stereocenters. The van der Waals surface area contributed by atoms with Gasteiger partial charge in [0.2, 0.25) is 0 Å². The normalized spacial score (nSPS) is 17.8. The Kier molecular flexibility index (Phi) is 12.3. The molecule has 5 atom stereocenters. The highest BCUT2D eigenvalue weighted by Crippen LogP contribution is 2.42. The fraction of sp³-hybridized carbons (Fsp3) is 0.146. The lowest BCUT2D eigenvalue weighted by Crippen LogP contribution is -2.62. The van der Waals surface area contributed by atoms with Gasteiger partial charge in [-0.2, -0.15) is 0 Å². The van der Waals surface area contributed by atoms with Crippen LogP contribution < -0.4 is 0 Å². The van der Waals surface area contributed by atoms with Crippen LogP contribution >= 0.6 is 0 Å². The van der Waals surface area contributed by atoms with E-state index in [1.54, 1.807) is 0 Å². The molecule has 0 radical (unpaired) electrons. The van der Waals surface area contributed by atoms with Crippen molar-refractivity contribution in [2.75, 3.05) is 0 Å². The van der Waals surface area contributed by atoms with Gasteiger partial charge in [-0.15, -0.1) is 0 Å². The summed E-state index contributed by atoms with van der Waals surface area (Å²) in [6.07, 6.45) is -12.8. The third-order valence-electron chi connectivity index (χ3n) is 9.62. The van der Waals surface area contributed by atoms with Gasteiger partial charge < -0.3 is 100 Å². The van der Waals surface area contributed by atoms with Gasteiger partial charge in [-0.1, -0.05) is 0 Å². The number of carbonyl (C=O) groups is 5. The maximum absolute atomic E-state index is 13.9. The van der Waals surface area contributed by atoms with Crippen LogP contribution in [0.25, 0.3) is 0 Å². The Morgan fingerprint density at radius 3 is 0.652 bits per heavy atom. The second-order valence-corrected chi connectivity index (χ2v) is 14.0.